The number of nitrogens with zero attached hydrogens (tertiary/aromatic N) is 1. The summed E-state index contributed by atoms with van der Waals surface area (Å²) in [7, 11) is -3.67. The second-order valence-electron chi connectivity index (χ2n) is 6.57. The van der Waals surface area contributed by atoms with Crippen molar-refractivity contribution in [3.05, 3.63) is 0 Å². The molecule has 10 nitrogen and oxygen atoms in total. The molecule has 0 radical (unpaired) electrons. The van der Waals surface area contributed by atoms with Crippen LogP contribution >= 0.6 is 0 Å². The number of carbonyl (C=O) groups is 2. The summed E-state index contributed by atoms with van der Waals surface area (Å²) in [5.41, 5.74) is 10.5. The second-order valence-corrected chi connectivity index (χ2v) is 8.03. The van der Waals surface area contributed by atoms with Gasteiger partial charge in [-0.25, -0.2) is 0 Å². The van der Waals surface area contributed by atoms with E-state index >= 15 is 0 Å². The van der Waals surface area contributed by atoms with E-state index in [1.165, 1.54) is 0 Å². The van der Waals surface area contributed by atoms with Gasteiger partial charge in [0.25, 0.3) is 10.1 Å². The molecular formula is C17H33N3O7S. The zero-order chi connectivity index (χ0) is 21.6. The first-order valence-electron chi connectivity index (χ1n) is 9.36. The molecule has 0 amide bonds. The summed E-state index contributed by atoms with van der Waals surface area (Å²) in [6.45, 7) is 2.81. The van der Waals surface area contributed by atoms with Crippen molar-refractivity contribution in [2.75, 3.05) is 19.4 Å². The predicted octanol–water partition coefficient (Wildman–Crippen LogP) is 0.989. The van der Waals surface area contributed by atoms with Crippen molar-refractivity contribution in [2.45, 2.75) is 64.4 Å². The number of hydrogen-bond acceptors (Lipinski definition) is 7. The minimum atomic E-state index is -3.67. The first-order chi connectivity index (χ1) is 13.0. The highest BCUT2D eigenvalue weighted by Gasteiger charge is 2.28. The molecule has 0 aromatic heterocycles. The number of rotatable bonds is 9. The lowest BCUT2D eigenvalue weighted by Gasteiger charge is -2.27. The molecule has 0 aliphatic heterocycles. The lowest BCUT2D eigenvalue weighted by Crippen LogP contribution is -2.29. The number of aliphatic imine (C=N–C) groups is 1. The Kier molecular flexibility index (Phi) is 13.2. The first-order valence-corrected chi connectivity index (χ1v) is 11.2. The molecule has 0 unspecified atom stereocenters. The van der Waals surface area contributed by atoms with E-state index in [0.29, 0.717) is 25.8 Å². The molecule has 1 aliphatic rings. The fourth-order valence-electron chi connectivity index (χ4n) is 2.69. The van der Waals surface area contributed by atoms with Gasteiger partial charge in [-0.05, 0) is 45.4 Å². The third-order valence-electron chi connectivity index (χ3n) is 3.93. The Bertz CT molecular complexity index is 588. The van der Waals surface area contributed by atoms with Gasteiger partial charge in [-0.3, -0.25) is 19.1 Å². The molecule has 0 spiro atoms. The maximum Gasteiger partial charge on any atom is 0.308 e. The molecule has 28 heavy (non-hydrogen) atoms. The number of hydrogen-bond donors (Lipinski definition) is 3. The number of guanidine groups is 1. The van der Waals surface area contributed by atoms with Crippen molar-refractivity contribution in [3.8, 4) is 0 Å². The van der Waals surface area contributed by atoms with Crippen molar-refractivity contribution >= 4 is 28.0 Å². The van der Waals surface area contributed by atoms with Gasteiger partial charge in [-0.1, -0.05) is 6.42 Å². The Labute approximate surface area is 166 Å². The molecule has 0 aromatic carbocycles. The van der Waals surface area contributed by atoms with Crippen LogP contribution in [0.2, 0.25) is 0 Å². The largest absolute Gasteiger partial charge is 0.466 e. The molecule has 1 rings (SSSR count). The topological polar surface area (TPSA) is 171 Å². The lowest BCUT2D eigenvalue weighted by molar-refractivity contribution is -0.154. The van der Waals surface area contributed by atoms with Crippen molar-refractivity contribution in [3.63, 3.8) is 0 Å². The fourth-order valence-corrected chi connectivity index (χ4v) is 2.69. The zero-order valence-corrected chi connectivity index (χ0v) is 17.4. The lowest BCUT2D eigenvalue weighted by atomic mass is 9.87. The van der Waals surface area contributed by atoms with Gasteiger partial charge in [0.2, 0.25) is 0 Å². The van der Waals surface area contributed by atoms with Crippen LogP contribution in [-0.2, 0) is 29.2 Å². The van der Waals surface area contributed by atoms with Crippen molar-refractivity contribution in [1.29, 1.82) is 0 Å². The molecule has 0 bridgehead atoms. The molecule has 164 valence electrons. The fraction of sp³-hybridized carbons (Fsp3) is 0.824. The summed E-state index contributed by atoms with van der Waals surface area (Å²) < 4.78 is 36.4. The highest BCUT2D eigenvalue weighted by atomic mass is 32.2. The molecular weight excluding hydrogens is 390 g/mol. The summed E-state index contributed by atoms with van der Waals surface area (Å²) in [6.07, 6.45) is 6.53. The zero-order valence-electron chi connectivity index (χ0n) is 16.6. The van der Waals surface area contributed by atoms with Gasteiger partial charge in [0.1, 0.15) is 6.10 Å². The summed E-state index contributed by atoms with van der Waals surface area (Å²) in [5.74, 6) is -0.229. The minimum absolute atomic E-state index is 0.0413. The maximum absolute atomic E-state index is 11.8. The molecule has 11 heteroatoms. The smallest absolute Gasteiger partial charge is 0.308 e. The van der Waals surface area contributed by atoms with Crippen LogP contribution in [0.5, 0.6) is 0 Å². The van der Waals surface area contributed by atoms with E-state index in [0.717, 1.165) is 44.9 Å². The van der Waals surface area contributed by atoms with E-state index in [2.05, 4.69) is 4.99 Å². The number of carbonyl (C=O) groups excluding carboxylic acids is 2. The molecule has 0 heterocycles. The first kappa shape index (κ1) is 26.1. The van der Waals surface area contributed by atoms with Gasteiger partial charge < -0.3 is 20.9 Å². The van der Waals surface area contributed by atoms with Gasteiger partial charge in [0.05, 0.1) is 18.8 Å². The Morgan fingerprint density at radius 1 is 1.11 bits per heavy atom. The van der Waals surface area contributed by atoms with Gasteiger partial charge in [0, 0.05) is 13.0 Å². The monoisotopic (exact) mass is 423 g/mol. The van der Waals surface area contributed by atoms with E-state index in [1.54, 1.807) is 0 Å². The summed E-state index contributed by atoms with van der Waals surface area (Å²) in [5, 5.41) is 0. The van der Waals surface area contributed by atoms with E-state index in [-0.39, 0.29) is 29.9 Å². The number of ether oxygens (including phenoxy) is 2. The highest BCUT2D eigenvalue weighted by molar-refractivity contribution is 7.85. The van der Waals surface area contributed by atoms with Gasteiger partial charge in [0.15, 0.2) is 5.96 Å². The maximum atomic E-state index is 11.8. The van der Waals surface area contributed by atoms with Crippen LogP contribution in [0.15, 0.2) is 4.99 Å². The average molecular weight is 424 g/mol. The minimum Gasteiger partial charge on any atom is -0.466 e. The molecule has 0 aromatic rings. The van der Waals surface area contributed by atoms with E-state index < -0.39 is 10.1 Å². The van der Waals surface area contributed by atoms with Crippen LogP contribution in [0.25, 0.3) is 0 Å². The Balaban J connectivity index is 0.00000129. The van der Waals surface area contributed by atoms with Crippen molar-refractivity contribution in [2.24, 2.45) is 22.4 Å². The van der Waals surface area contributed by atoms with Crippen molar-refractivity contribution in [1.82, 2.24) is 0 Å². The number of nitrogens with two attached hydrogens (primary N) is 2. The highest BCUT2D eigenvalue weighted by Crippen LogP contribution is 2.27. The number of esters is 2. The quantitative estimate of drug-likeness (QED) is 0.161. The second kappa shape index (κ2) is 14.2. The van der Waals surface area contributed by atoms with Crippen LogP contribution in [0, 0.1) is 5.92 Å². The SMILES string of the molecule is CCOC(=O)C1CCC(OC(=O)CCCCCN=C(N)N)CC1.CS(=O)(=O)O. The van der Waals surface area contributed by atoms with Crippen LogP contribution in [0.4, 0.5) is 0 Å². The Morgan fingerprint density at radius 3 is 2.18 bits per heavy atom. The Morgan fingerprint density at radius 2 is 1.68 bits per heavy atom. The average Bonchev–Trinajstić information content (AvgIpc) is 2.57. The van der Waals surface area contributed by atoms with Gasteiger partial charge in [-0.15, -0.1) is 0 Å². The predicted molar refractivity (Wildman–Crippen MR) is 105 cm³/mol. The normalized spacial score (nSPS) is 19.0. The summed E-state index contributed by atoms with van der Waals surface area (Å²) in [4.78, 5) is 27.3. The summed E-state index contributed by atoms with van der Waals surface area (Å²) in [6, 6.07) is 0. The molecule has 0 atom stereocenters. The van der Waals surface area contributed by atoms with Crippen LogP contribution in [0.1, 0.15) is 58.3 Å². The van der Waals surface area contributed by atoms with Gasteiger partial charge >= 0.3 is 11.9 Å². The molecule has 1 fully saturated rings. The standard InChI is InChI=1S/C16H29N3O4.CH4O3S/c1-2-22-15(21)12-7-9-13(10-8-12)23-14(20)6-4-3-5-11-19-16(17)18;1-5(2,3)4/h12-13H,2-11H2,1H3,(H4,17,18,19);1H3,(H,2,3,4). The van der Waals surface area contributed by atoms with E-state index in [4.69, 9.17) is 25.5 Å². The molecule has 1 aliphatic carbocycles. The Hall–Kier alpha value is -1.88. The summed E-state index contributed by atoms with van der Waals surface area (Å²) >= 11 is 0. The van der Waals surface area contributed by atoms with E-state index in [1.807, 2.05) is 6.92 Å². The van der Waals surface area contributed by atoms with Crippen LogP contribution in [-0.4, -0.2) is 56.4 Å². The third kappa shape index (κ3) is 16.3. The van der Waals surface area contributed by atoms with Crippen molar-refractivity contribution < 1.29 is 32.0 Å². The third-order valence-corrected chi connectivity index (χ3v) is 3.93. The van der Waals surface area contributed by atoms with Gasteiger partial charge in [-0.2, -0.15) is 8.42 Å². The number of unbranched alkanes of at least 4 members (excludes halogenated alkanes) is 2. The van der Waals surface area contributed by atoms with Crippen LogP contribution < -0.4 is 11.5 Å². The molecule has 5 N–H and O–H groups in total. The van der Waals surface area contributed by atoms with Crippen LogP contribution in [0.3, 0.4) is 0 Å². The molecule has 1 saturated carbocycles. The van der Waals surface area contributed by atoms with E-state index in [9.17, 15) is 18.0 Å². The molecule has 0 saturated heterocycles.